The smallest absolute Gasteiger partial charge is 0.412 e. The molecule has 9 nitrogen and oxygen atoms in total. The Morgan fingerprint density at radius 3 is 1.94 bits per heavy atom. The number of nitrogens with one attached hydrogen (secondary N) is 1. The van der Waals surface area contributed by atoms with Crippen LogP contribution < -0.4 is 10.1 Å². The van der Waals surface area contributed by atoms with Gasteiger partial charge in [0, 0.05) is 5.57 Å². The maximum absolute atomic E-state index is 11.9. The zero-order valence-corrected chi connectivity index (χ0v) is 19.5. The van der Waals surface area contributed by atoms with Crippen LogP contribution in [0.15, 0.2) is 105 Å². The molecule has 0 radical (unpaired) electrons. The van der Waals surface area contributed by atoms with Gasteiger partial charge in [-0.1, -0.05) is 24.8 Å². The second-order valence-electron chi connectivity index (χ2n) is 7.43. The van der Waals surface area contributed by atoms with E-state index in [4.69, 9.17) is 9.47 Å². The zero-order chi connectivity index (χ0) is 25.0. The molecule has 0 saturated carbocycles. The summed E-state index contributed by atoms with van der Waals surface area (Å²) in [6, 6.07) is 21.8. The lowest BCUT2D eigenvalue weighted by Crippen LogP contribution is -2.30. The molecule has 1 N–H and O–H groups in total. The van der Waals surface area contributed by atoms with Crippen LogP contribution in [-0.2, 0) is 9.53 Å². The fraction of sp³-hybridized carbons (Fsp3) is 0.154. The van der Waals surface area contributed by atoms with Gasteiger partial charge in [0.1, 0.15) is 12.4 Å². The van der Waals surface area contributed by atoms with Crippen LogP contribution in [-0.4, -0.2) is 25.2 Å². The number of esters is 1. The van der Waals surface area contributed by atoms with E-state index in [1.54, 1.807) is 56.3 Å². The average Bonchev–Trinajstić information content (AvgIpc) is 2.86. The lowest BCUT2D eigenvalue weighted by molar-refractivity contribution is -0.138. The first kappa shape index (κ1) is 25.0. The Labute approximate surface area is 203 Å². The van der Waals surface area contributed by atoms with Gasteiger partial charge in [0.05, 0.1) is 29.3 Å². The van der Waals surface area contributed by atoms with Gasteiger partial charge in [0.15, 0.2) is 0 Å². The molecule has 3 aromatic rings. The highest BCUT2D eigenvalue weighted by atomic mass is 16.6. The molecule has 9 heteroatoms. The number of rotatable bonds is 9. The summed E-state index contributed by atoms with van der Waals surface area (Å²) in [5.41, 5.74) is 3.76. The molecule has 3 rings (SSSR count). The van der Waals surface area contributed by atoms with Crippen LogP contribution in [0.5, 0.6) is 5.75 Å². The summed E-state index contributed by atoms with van der Waals surface area (Å²) in [5, 5.41) is 19.4. The van der Waals surface area contributed by atoms with Crippen molar-refractivity contribution in [1.82, 2.24) is 5.32 Å². The fourth-order valence-electron chi connectivity index (χ4n) is 2.68. The van der Waals surface area contributed by atoms with E-state index in [0.29, 0.717) is 33.9 Å². The van der Waals surface area contributed by atoms with E-state index >= 15 is 0 Å². The molecule has 0 heterocycles. The molecule has 0 fully saturated rings. The minimum Gasteiger partial charge on any atom is -0.460 e. The number of hydrogen-bond donors (Lipinski definition) is 1. The highest BCUT2D eigenvalue weighted by Gasteiger charge is 2.08. The molecule has 178 valence electrons. The first-order chi connectivity index (χ1) is 16.9. The van der Waals surface area contributed by atoms with Crippen LogP contribution >= 0.6 is 0 Å². The van der Waals surface area contributed by atoms with Crippen molar-refractivity contribution in [3.63, 3.8) is 0 Å². The Hall–Kier alpha value is -4.66. The van der Waals surface area contributed by atoms with E-state index in [2.05, 4.69) is 32.4 Å². The number of aryl methyl sites for hydroxylation is 1. The van der Waals surface area contributed by atoms with Crippen LogP contribution in [0.3, 0.4) is 0 Å². The standard InChI is InChI=1S/C26H25N5O4/c1-18(2)25(32)34-16-15-27-26(33)35-24-14-13-23(17-19(24)3)31-30-22-11-9-21(10-12-22)29-28-20-7-5-4-6-8-20/h4-14,17H,1,15-16H2,2-3H3,(H,27,33). The Balaban J connectivity index is 1.50. The number of benzene rings is 3. The Kier molecular flexibility index (Phi) is 8.95. The summed E-state index contributed by atoms with van der Waals surface area (Å²) in [6.45, 7) is 6.97. The van der Waals surface area contributed by atoms with E-state index in [-0.39, 0.29) is 13.2 Å². The van der Waals surface area contributed by atoms with Crippen molar-refractivity contribution >= 4 is 34.8 Å². The van der Waals surface area contributed by atoms with E-state index in [1.165, 1.54) is 0 Å². The third kappa shape index (κ3) is 8.32. The fourth-order valence-corrected chi connectivity index (χ4v) is 2.68. The van der Waals surface area contributed by atoms with Gasteiger partial charge in [0.25, 0.3) is 0 Å². The maximum atomic E-state index is 11.9. The minimum atomic E-state index is -0.654. The Bertz CT molecular complexity index is 1240. The second kappa shape index (κ2) is 12.5. The van der Waals surface area contributed by atoms with Gasteiger partial charge in [-0.05, 0) is 74.0 Å². The van der Waals surface area contributed by atoms with Crippen molar-refractivity contribution < 1.29 is 19.1 Å². The first-order valence-electron chi connectivity index (χ1n) is 10.8. The molecule has 0 unspecified atom stereocenters. The summed E-state index contributed by atoms with van der Waals surface area (Å²) in [6.07, 6.45) is -0.654. The number of carbonyl (C=O) groups excluding carboxylic acids is 2. The zero-order valence-electron chi connectivity index (χ0n) is 19.5. The molecular formula is C26H25N5O4. The molecule has 35 heavy (non-hydrogen) atoms. The lowest BCUT2D eigenvalue weighted by Gasteiger charge is -2.09. The molecule has 3 aromatic carbocycles. The average molecular weight is 472 g/mol. The number of carbonyl (C=O) groups is 2. The molecule has 0 bridgehead atoms. The van der Waals surface area contributed by atoms with Crippen LogP contribution in [0.1, 0.15) is 12.5 Å². The van der Waals surface area contributed by atoms with Crippen LogP contribution in [0.25, 0.3) is 0 Å². The van der Waals surface area contributed by atoms with Gasteiger partial charge in [-0.3, -0.25) is 0 Å². The number of nitrogens with zero attached hydrogens (tertiary/aromatic N) is 4. The van der Waals surface area contributed by atoms with Crippen molar-refractivity contribution in [2.45, 2.75) is 13.8 Å². The van der Waals surface area contributed by atoms with Gasteiger partial charge in [-0.2, -0.15) is 20.5 Å². The van der Waals surface area contributed by atoms with Crippen LogP contribution in [0.4, 0.5) is 27.5 Å². The second-order valence-corrected chi connectivity index (χ2v) is 7.43. The van der Waals surface area contributed by atoms with Crippen molar-refractivity contribution in [3.05, 3.63) is 90.5 Å². The van der Waals surface area contributed by atoms with Crippen LogP contribution in [0, 0.1) is 6.92 Å². The van der Waals surface area contributed by atoms with E-state index in [1.807, 2.05) is 30.3 Å². The first-order valence-corrected chi connectivity index (χ1v) is 10.8. The van der Waals surface area contributed by atoms with Crippen LogP contribution in [0.2, 0.25) is 0 Å². The monoisotopic (exact) mass is 471 g/mol. The van der Waals surface area contributed by atoms with Crippen molar-refractivity contribution in [3.8, 4) is 5.75 Å². The molecule has 0 saturated heterocycles. The maximum Gasteiger partial charge on any atom is 0.412 e. The third-order valence-electron chi connectivity index (χ3n) is 4.48. The van der Waals surface area contributed by atoms with E-state index in [9.17, 15) is 9.59 Å². The summed E-state index contributed by atoms with van der Waals surface area (Å²) in [7, 11) is 0. The molecule has 0 atom stereocenters. The van der Waals surface area contributed by atoms with Gasteiger partial charge in [0.2, 0.25) is 0 Å². The molecule has 0 aromatic heterocycles. The van der Waals surface area contributed by atoms with E-state index < -0.39 is 12.1 Å². The largest absolute Gasteiger partial charge is 0.460 e. The number of hydrogen-bond acceptors (Lipinski definition) is 8. The quantitative estimate of drug-likeness (QED) is 0.156. The molecule has 0 aliphatic heterocycles. The minimum absolute atomic E-state index is 0.0238. The molecule has 0 aliphatic rings. The SMILES string of the molecule is C=C(C)C(=O)OCCNC(=O)Oc1ccc(N=Nc2ccc(N=Nc3ccccc3)cc2)cc1C. The molecule has 0 spiro atoms. The number of azo groups is 2. The highest BCUT2D eigenvalue weighted by molar-refractivity contribution is 5.86. The van der Waals surface area contributed by atoms with Gasteiger partial charge >= 0.3 is 12.1 Å². The van der Waals surface area contributed by atoms with Crippen molar-refractivity contribution in [2.75, 3.05) is 13.2 Å². The third-order valence-corrected chi connectivity index (χ3v) is 4.48. The van der Waals surface area contributed by atoms with Gasteiger partial charge < -0.3 is 14.8 Å². The van der Waals surface area contributed by atoms with E-state index in [0.717, 1.165) is 5.69 Å². The number of ether oxygens (including phenoxy) is 2. The normalized spacial score (nSPS) is 10.9. The summed E-state index contributed by atoms with van der Waals surface area (Å²) >= 11 is 0. The summed E-state index contributed by atoms with van der Waals surface area (Å²) in [5.74, 6) is -0.126. The number of amides is 1. The molecule has 0 aliphatic carbocycles. The summed E-state index contributed by atoms with van der Waals surface area (Å²) in [4.78, 5) is 23.2. The topological polar surface area (TPSA) is 114 Å². The van der Waals surface area contributed by atoms with Gasteiger partial charge in [-0.15, -0.1) is 0 Å². The Morgan fingerprint density at radius 2 is 1.37 bits per heavy atom. The molecule has 1 amide bonds. The lowest BCUT2D eigenvalue weighted by atomic mass is 10.2. The predicted octanol–water partition coefficient (Wildman–Crippen LogP) is 7.03. The van der Waals surface area contributed by atoms with Crippen molar-refractivity contribution in [2.24, 2.45) is 20.5 Å². The molecular weight excluding hydrogens is 446 g/mol. The van der Waals surface area contributed by atoms with Crippen molar-refractivity contribution in [1.29, 1.82) is 0 Å². The highest BCUT2D eigenvalue weighted by Crippen LogP contribution is 2.26. The predicted molar refractivity (Wildman–Crippen MR) is 132 cm³/mol. The summed E-state index contributed by atoms with van der Waals surface area (Å²) < 4.78 is 10.2. The Morgan fingerprint density at radius 1 is 0.829 bits per heavy atom. The van der Waals surface area contributed by atoms with Gasteiger partial charge in [-0.25, -0.2) is 9.59 Å².